The number of aromatic nitrogens is 3. The summed E-state index contributed by atoms with van der Waals surface area (Å²) in [6, 6.07) is 3.55. The summed E-state index contributed by atoms with van der Waals surface area (Å²) in [7, 11) is 4.67. The Morgan fingerprint density at radius 1 is 1.22 bits per heavy atom. The average Bonchev–Trinajstić information content (AvgIpc) is 3.05. The Bertz CT molecular complexity index is 1020. The molecule has 27 heavy (non-hydrogen) atoms. The van der Waals surface area contributed by atoms with E-state index in [4.69, 9.17) is 14.2 Å². The van der Waals surface area contributed by atoms with Gasteiger partial charge in [0.15, 0.2) is 11.5 Å². The molecule has 3 aromatic rings. The third kappa shape index (κ3) is 3.72. The van der Waals surface area contributed by atoms with Gasteiger partial charge in [0.2, 0.25) is 5.91 Å². The maximum atomic E-state index is 12.8. The molecule has 0 saturated carbocycles. The minimum absolute atomic E-state index is 0.148. The van der Waals surface area contributed by atoms with Crippen LogP contribution in [0.2, 0.25) is 0 Å². The van der Waals surface area contributed by atoms with Gasteiger partial charge in [-0.2, -0.15) is 0 Å². The molecule has 9 heteroatoms. The van der Waals surface area contributed by atoms with Gasteiger partial charge in [-0.3, -0.25) is 14.2 Å². The first-order valence-corrected chi connectivity index (χ1v) is 8.47. The van der Waals surface area contributed by atoms with Crippen molar-refractivity contribution < 1.29 is 19.0 Å². The number of nitrogens with one attached hydrogen (secondary N) is 2. The van der Waals surface area contributed by atoms with Gasteiger partial charge in [0.05, 0.1) is 32.7 Å². The van der Waals surface area contributed by atoms with Gasteiger partial charge in [-0.15, -0.1) is 0 Å². The molecular formula is C18H22N4O5. The maximum Gasteiger partial charge on any atom is 0.277 e. The molecule has 0 bridgehead atoms. The van der Waals surface area contributed by atoms with Crippen molar-refractivity contribution in [2.45, 2.75) is 13.0 Å². The van der Waals surface area contributed by atoms with Crippen LogP contribution < -0.4 is 20.3 Å². The molecule has 0 radical (unpaired) electrons. The summed E-state index contributed by atoms with van der Waals surface area (Å²) in [6.45, 7) is 1.12. The monoisotopic (exact) mass is 374 g/mol. The fourth-order valence-electron chi connectivity index (χ4n) is 2.88. The lowest BCUT2D eigenvalue weighted by Crippen LogP contribution is -2.29. The normalized spacial score (nSPS) is 11.1. The first-order chi connectivity index (χ1) is 13.1. The van der Waals surface area contributed by atoms with Crippen molar-refractivity contribution in [1.82, 2.24) is 19.9 Å². The SMILES string of the molecule is COCCNC(=O)CCn1cnc2c([nH]c3cc(OC)c(OC)cc32)c1=O. The Morgan fingerprint density at radius 3 is 2.67 bits per heavy atom. The lowest BCUT2D eigenvalue weighted by molar-refractivity contribution is -0.121. The Kier molecular flexibility index (Phi) is 5.60. The number of methoxy groups -OCH3 is 3. The molecule has 2 heterocycles. The summed E-state index contributed by atoms with van der Waals surface area (Å²) < 4.78 is 16.9. The fourth-order valence-corrected chi connectivity index (χ4v) is 2.88. The lowest BCUT2D eigenvalue weighted by atomic mass is 10.2. The first-order valence-electron chi connectivity index (χ1n) is 8.47. The molecule has 0 aliphatic carbocycles. The van der Waals surface area contributed by atoms with E-state index < -0.39 is 0 Å². The smallest absolute Gasteiger partial charge is 0.277 e. The molecule has 0 unspecified atom stereocenters. The van der Waals surface area contributed by atoms with Crippen LogP contribution in [0.4, 0.5) is 0 Å². The van der Waals surface area contributed by atoms with Crippen molar-refractivity contribution >= 4 is 27.8 Å². The second kappa shape index (κ2) is 8.09. The topological polar surface area (TPSA) is 107 Å². The molecule has 1 aromatic carbocycles. The van der Waals surface area contributed by atoms with E-state index in [1.54, 1.807) is 33.5 Å². The number of hydrogen-bond acceptors (Lipinski definition) is 6. The van der Waals surface area contributed by atoms with Gasteiger partial charge in [-0.05, 0) is 6.07 Å². The molecule has 1 amide bonds. The molecule has 0 fully saturated rings. The number of H-pyrrole nitrogens is 1. The van der Waals surface area contributed by atoms with E-state index in [-0.39, 0.29) is 24.4 Å². The molecule has 0 saturated heterocycles. The molecule has 0 spiro atoms. The molecule has 144 valence electrons. The van der Waals surface area contributed by atoms with Gasteiger partial charge in [0, 0.05) is 38.1 Å². The number of rotatable bonds is 8. The predicted octanol–water partition coefficient (Wildman–Crippen LogP) is 1.05. The lowest BCUT2D eigenvalue weighted by Gasteiger charge is -2.07. The number of hydrogen-bond donors (Lipinski definition) is 2. The Morgan fingerprint density at radius 2 is 1.96 bits per heavy atom. The molecule has 0 aliphatic rings. The third-order valence-corrected chi connectivity index (χ3v) is 4.28. The highest BCUT2D eigenvalue weighted by atomic mass is 16.5. The molecule has 2 aromatic heterocycles. The summed E-state index contributed by atoms with van der Waals surface area (Å²) >= 11 is 0. The zero-order chi connectivity index (χ0) is 19.4. The zero-order valence-corrected chi connectivity index (χ0v) is 15.5. The van der Waals surface area contributed by atoms with Crippen molar-refractivity contribution in [1.29, 1.82) is 0 Å². The molecule has 2 N–H and O–H groups in total. The van der Waals surface area contributed by atoms with Crippen LogP contribution in [0.15, 0.2) is 23.3 Å². The van der Waals surface area contributed by atoms with Crippen molar-refractivity contribution in [2.24, 2.45) is 0 Å². The van der Waals surface area contributed by atoms with Gasteiger partial charge in [-0.1, -0.05) is 0 Å². The highest BCUT2D eigenvalue weighted by Gasteiger charge is 2.15. The summed E-state index contributed by atoms with van der Waals surface area (Å²) in [6.07, 6.45) is 1.63. The van der Waals surface area contributed by atoms with Crippen LogP contribution in [0, 0.1) is 0 Å². The molecule has 3 rings (SSSR count). The van der Waals surface area contributed by atoms with E-state index in [0.717, 1.165) is 10.9 Å². The highest BCUT2D eigenvalue weighted by molar-refractivity contribution is 6.05. The van der Waals surface area contributed by atoms with Crippen LogP contribution in [0.1, 0.15) is 6.42 Å². The minimum Gasteiger partial charge on any atom is -0.493 e. The van der Waals surface area contributed by atoms with Crippen LogP contribution in [0.3, 0.4) is 0 Å². The maximum absolute atomic E-state index is 12.8. The number of carbonyl (C=O) groups is 1. The van der Waals surface area contributed by atoms with Crippen LogP contribution in [-0.4, -0.2) is 54.9 Å². The number of aromatic amines is 1. The number of amides is 1. The first kappa shape index (κ1) is 18.7. The third-order valence-electron chi connectivity index (χ3n) is 4.28. The largest absolute Gasteiger partial charge is 0.493 e. The predicted molar refractivity (Wildman–Crippen MR) is 100 cm³/mol. The number of carbonyl (C=O) groups excluding carboxylic acids is 1. The highest BCUT2D eigenvalue weighted by Crippen LogP contribution is 2.34. The number of fused-ring (bicyclic) bond motifs is 3. The van der Waals surface area contributed by atoms with E-state index in [1.807, 2.05) is 0 Å². The summed E-state index contributed by atoms with van der Waals surface area (Å²) in [5, 5.41) is 3.49. The van der Waals surface area contributed by atoms with Crippen molar-refractivity contribution in [3.63, 3.8) is 0 Å². The molecule has 0 atom stereocenters. The van der Waals surface area contributed by atoms with Crippen molar-refractivity contribution in [3.05, 3.63) is 28.8 Å². The number of aryl methyl sites for hydroxylation is 1. The van der Waals surface area contributed by atoms with E-state index in [0.29, 0.717) is 35.7 Å². The number of nitrogens with zero attached hydrogens (tertiary/aromatic N) is 2. The summed E-state index contributed by atoms with van der Waals surface area (Å²) in [5.41, 5.74) is 1.42. The number of ether oxygens (including phenoxy) is 3. The van der Waals surface area contributed by atoms with Gasteiger partial charge in [0.1, 0.15) is 11.0 Å². The molecular weight excluding hydrogens is 352 g/mol. The quantitative estimate of drug-likeness (QED) is 0.571. The average molecular weight is 374 g/mol. The van der Waals surface area contributed by atoms with Crippen LogP contribution >= 0.6 is 0 Å². The van der Waals surface area contributed by atoms with Crippen LogP contribution in [-0.2, 0) is 16.1 Å². The fraction of sp³-hybridized carbons (Fsp3) is 0.389. The second-order valence-corrected chi connectivity index (χ2v) is 5.94. The Balaban J connectivity index is 1.89. The second-order valence-electron chi connectivity index (χ2n) is 5.94. The van der Waals surface area contributed by atoms with Crippen LogP contribution in [0.5, 0.6) is 11.5 Å². The van der Waals surface area contributed by atoms with Crippen molar-refractivity contribution in [3.8, 4) is 11.5 Å². The summed E-state index contributed by atoms with van der Waals surface area (Å²) in [4.78, 5) is 32.1. The van der Waals surface area contributed by atoms with Gasteiger partial charge in [-0.25, -0.2) is 4.98 Å². The summed E-state index contributed by atoms with van der Waals surface area (Å²) in [5.74, 6) is 0.972. The standard InChI is InChI=1S/C18H22N4O5/c1-25-7-5-19-15(23)4-6-22-10-20-16-11-8-13(26-2)14(27-3)9-12(11)21-17(16)18(22)24/h8-10,21H,4-7H2,1-3H3,(H,19,23). The minimum atomic E-state index is -0.237. The van der Waals surface area contributed by atoms with Gasteiger partial charge < -0.3 is 24.5 Å². The van der Waals surface area contributed by atoms with Gasteiger partial charge >= 0.3 is 0 Å². The van der Waals surface area contributed by atoms with Crippen LogP contribution in [0.25, 0.3) is 21.9 Å². The van der Waals surface area contributed by atoms with E-state index in [1.165, 1.54) is 10.9 Å². The van der Waals surface area contributed by atoms with E-state index >= 15 is 0 Å². The van der Waals surface area contributed by atoms with E-state index in [9.17, 15) is 9.59 Å². The van der Waals surface area contributed by atoms with Gasteiger partial charge in [0.25, 0.3) is 5.56 Å². The zero-order valence-electron chi connectivity index (χ0n) is 15.5. The Labute approximate surface area is 155 Å². The van der Waals surface area contributed by atoms with E-state index in [2.05, 4.69) is 15.3 Å². The molecule has 9 nitrogen and oxygen atoms in total. The Hall–Kier alpha value is -3.07. The number of benzene rings is 1. The van der Waals surface area contributed by atoms with Crippen molar-refractivity contribution in [2.75, 3.05) is 34.5 Å². The molecule has 0 aliphatic heterocycles.